The van der Waals surface area contributed by atoms with Gasteiger partial charge in [-0.05, 0) is 24.6 Å². The lowest BCUT2D eigenvalue weighted by Gasteiger charge is -2.27. The molecule has 1 aliphatic heterocycles. The molecule has 0 fully saturated rings. The van der Waals surface area contributed by atoms with Gasteiger partial charge in [0.05, 0.1) is 17.8 Å². The Morgan fingerprint density at radius 2 is 1.81 bits per heavy atom. The van der Waals surface area contributed by atoms with Gasteiger partial charge in [-0.15, -0.1) is 6.58 Å². The van der Waals surface area contributed by atoms with Crippen LogP contribution in [0.15, 0.2) is 78.1 Å². The molecule has 0 saturated heterocycles. The zero-order valence-corrected chi connectivity index (χ0v) is 21.4. The number of allylic oxidation sites excluding steroid dienone is 1. The topological polar surface area (TPSA) is 77.1 Å². The normalized spacial score (nSPS) is 13.4. The Labute approximate surface area is 216 Å². The first-order chi connectivity index (χ1) is 18.0. The van der Waals surface area contributed by atoms with E-state index in [9.17, 15) is 9.59 Å². The Morgan fingerprint density at radius 1 is 1.11 bits per heavy atom. The molecule has 0 bridgehead atoms. The highest BCUT2D eigenvalue weighted by Crippen LogP contribution is 2.25. The predicted octanol–water partition coefficient (Wildman–Crippen LogP) is 3.36. The highest BCUT2D eigenvalue weighted by atomic mass is 16.2. The number of aromatic nitrogens is 4. The monoisotopic (exact) mass is 496 g/mol. The summed E-state index contributed by atoms with van der Waals surface area (Å²) in [5.41, 5.74) is 6.00. The van der Waals surface area contributed by atoms with Gasteiger partial charge in [-0.3, -0.25) is 23.9 Å². The zero-order valence-electron chi connectivity index (χ0n) is 21.4. The molecule has 2 aromatic carbocycles. The van der Waals surface area contributed by atoms with Crippen molar-refractivity contribution in [2.45, 2.75) is 39.5 Å². The minimum Gasteiger partial charge on any atom is -0.347 e. The van der Waals surface area contributed by atoms with Gasteiger partial charge in [-0.25, -0.2) is 4.68 Å². The van der Waals surface area contributed by atoms with E-state index in [0.29, 0.717) is 31.9 Å². The van der Waals surface area contributed by atoms with Crippen LogP contribution in [0.3, 0.4) is 0 Å². The van der Waals surface area contributed by atoms with E-state index >= 15 is 0 Å². The van der Waals surface area contributed by atoms with Crippen LogP contribution < -0.4 is 10.9 Å². The first kappa shape index (κ1) is 24.5. The summed E-state index contributed by atoms with van der Waals surface area (Å²) >= 11 is 0. The van der Waals surface area contributed by atoms with E-state index in [1.807, 2.05) is 84.0 Å². The Balaban J connectivity index is 1.40. The molecule has 0 spiro atoms. The van der Waals surface area contributed by atoms with Gasteiger partial charge in [0, 0.05) is 56.6 Å². The van der Waals surface area contributed by atoms with Crippen molar-refractivity contribution in [3.63, 3.8) is 0 Å². The van der Waals surface area contributed by atoms with E-state index in [2.05, 4.69) is 21.9 Å². The van der Waals surface area contributed by atoms with Gasteiger partial charge in [0.1, 0.15) is 0 Å². The molecule has 0 atom stereocenters. The smallest absolute Gasteiger partial charge is 0.276 e. The van der Waals surface area contributed by atoms with Crippen molar-refractivity contribution in [1.29, 1.82) is 0 Å². The first-order valence-corrected chi connectivity index (χ1v) is 12.5. The number of amides is 1. The summed E-state index contributed by atoms with van der Waals surface area (Å²) in [5, 5.41) is 7.68. The molecule has 4 aromatic rings. The van der Waals surface area contributed by atoms with Crippen LogP contribution in [0.1, 0.15) is 38.6 Å². The largest absolute Gasteiger partial charge is 0.347 e. The van der Waals surface area contributed by atoms with Crippen molar-refractivity contribution in [3.8, 4) is 5.69 Å². The summed E-state index contributed by atoms with van der Waals surface area (Å²) < 4.78 is 5.50. The average Bonchev–Trinajstić information content (AvgIpc) is 3.38. The molecule has 5 rings (SSSR count). The van der Waals surface area contributed by atoms with Crippen molar-refractivity contribution in [2.75, 3.05) is 6.54 Å². The third-order valence-electron chi connectivity index (χ3n) is 7.08. The molecule has 0 radical (unpaired) electrons. The molecule has 0 unspecified atom stereocenters. The second-order valence-corrected chi connectivity index (χ2v) is 9.41. The van der Waals surface area contributed by atoms with Gasteiger partial charge in [-0.2, -0.15) is 5.10 Å². The number of carbonyl (C=O) groups excluding carboxylic acids is 1. The molecule has 1 N–H and O–H groups in total. The van der Waals surface area contributed by atoms with Crippen molar-refractivity contribution in [3.05, 3.63) is 117 Å². The molecular formula is C29H32N6O2. The van der Waals surface area contributed by atoms with Crippen LogP contribution in [0.5, 0.6) is 0 Å². The van der Waals surface area contributed by atoms with Gasteiger partial charge in [0.2, 0.25) is 0 Å². The van der Waals surface area contributed by atoms with E-state index in [1.54, 1.807) is 10.8 Å². The Bertz CT molecular complexity index is 1480. The fraction of sp³-hybridized carbons (Fsp3) is 0.276. The summed E-state index contributed by atoms with van der Waals surface area (Å²) in [6.45, 7) is 8.66. The van der Waals surface area contributed by atoms with Crippen LogP contribution in [0.4, 0.5) is 0 Å². The molecule has 1 aliphatic rings. The second-order valence-electron chi connectivity index (χ2n) is 9.41. The Kier molecular flexibility index (Phi) is 6.92. The number of rotatable bonds is 8. The van der Waals surface area contributed by atoms with Gasteiger partial charge < -0.3 is 5.32 Å². The van der Waals surface area contributed by atoms with Crippen molar-refractivity contribution in [1.82, 2.24) is 29.4 Å². The van der Waals surface area contributed by atoms with Crippen molar-refractivity contribution >= 4 is 5.91 Å². The number of nitrogens with zero attached hydrogens (tertiary/aromatic N) is 5. The zero-order chi connectivity index (χ0) is 25.9. The first-order valence-electron chi connectivity index (χ1n) is 12.5. The third kappa shape index (κ3) is 4.80. The molecule has 3 heterocycles. The van der Waals surface area contributed by atoms with Crippen molar-refractivity contribution < 1.29 is 4.79 Å². The minimum absolute atomic E-state index is 0.0137. The summed E-state index contributed by atoms with van der Waals surface area (Å²) in [5.74, 6) is -0.188. The summed E-state index contributed by atoms with van der Waals surface area (Å²) in [4.78, 5) is 28.9. The van der Waals surface area contributed by atoms with E-state index in [0.717, 1.165) is 46.7 Å². The highest BCUT2D eigenvalue weighted by Gasteiger charge is 2.29. The van der Waals surface area contributed by atoms with Crippen LogP contribution in [0.2, 0.25) is 0 Å². The Morgan fingerprint density at radius 3 is 2.51 bits per heavy atom. The molecule has 190 valence electrons. The molecule has 37 heavy (non-hydrogen) atoms. The second kappa shape index (κ2) is 10.4. The molecular weight excluding hydrogens is 464 g/mol. The number of carbonyl (C=O) groups is 1. The lowest BCUT2D eigenvalue weighted by Crippen LogP contribution is -2.34. The summed E-state index contributed by atoms with van der Waals surface area (Å²) in [6, 6.07) is 19.5. The summed E-state index contributed by atoms with van der Waals surface area (Å²) in [6.07, 6.45) is 2.55. The van der Waals surface area contributed by atoms with Crippen LogP contribution in [-0.4, -0.2) is 36.5 Å². The number of hydrogen-bond donors (Lipinski definition) is 1. The fourth-order valence-electron chi connectivity index (χ4n) is 5.03. The molecule has 8 heteroatoms. The maximum Gasteiger partial charge on any atom is 0.276 e. The molecule has 8 nitrogen and oxygen atoms in total. The standard InChI is InChI=1S/C29H32N6O2/c1-4-16-34-26-15-17-33(19-24-21(2)32(3)35(29(24)37)23-13-9-6-10-14-23)20-25(26)27(31-34)28(36)30-18-22-11-7-5-8-12-22/h4-14H,1,15-20H2,2-3H3,(H,30,36). The lowest BCUT2D eigenvalue weighted by molar-refractivity contribution is 0.0942. The average molecular weight is 497 g/mol. The van der Waals surface area contributed by atoms with Gasteiger partial charge in [0.25, 0.3) is 11.5 Å². The van der Waals surface area contributed by atoms with E-state index in [-0.39, 0.29) is 11.5 Å². The van der Waals surface area contributed by atoms with Gasteiger partial charge in [0.15, 0.2) is 5.69 Å². The molecule has 2 aromatic heterocycles. The maximum atomic E-state index is 13.4. The predicted molar refractivity (Wildman–Crippen MR) is 144 cm³/mol. The van der Waals surface area contributed by atoms with Crippen LogP contribution in [0.25, 0.3) is 5.69 Å². The lowest BCUT2D eigenvalue weighted by atomic mass is 10.0. The highest BCUT2D eigenvalue weighted by molar-refractivity contribution is 5.94. The van der Waals surface area contributed by atoms with E-state index < -0.39 is 0 Å². The van der Waals surface area contributed by atoms with Gasteiger partial charge >= 0.3 is 0 Å². The Hall–Kier alpha value is -4.17. The molecule has 0 aliphatic carbocycles. The molecule has 0 saturated carbocycles. The third-order valence-corrected chi connectivity index (χ3v) is 7.08. The van der Waals surface area contributed by atoms with Crippen molar-refractivity contribution in [2.24, 2.45) is 7.05 Å². The minimum atomic E-state index is -0.188. The maximum absolute atomic E-state index is 13.4. The fourth-order valence-corrected chi connectivity index (χ4v) is 5.03. The molecule has 1 amide bonds. The van der Waals surface area contributed by atoms with E-state index in [4.69, 9.17) is 0 Å². The van der Waals surface area contributed by atoms with E-state index in [1.165, 1.54) is 0 Å². The van der Waals surface area contributed by atoms with Crippen LogP contribution in [0, 0.1) is 6.92 Å². The number of benzene rings is 2. The summed E-state index contributed by atoms with van der Waals surface area (Å²) in [7, 11) is 1.91. The van der Waals surface area contributed by atoms with Crippen LogP contribution >= 0.6 is 0 Å². The SMILES string of the molecule is C=CCn1nc(C(=O)NCc2ccccc2)c2c1CCN(Cc1c(C)n(C)n(-c3ccccc3)c1=O)C2. The van der Waals surface area contributed by atoms with Crippen LogP contribution in [-0.2, 0) is 39.6 Å². The number of para-hydroxylation sites is 1. The van der Waals surface area contributed by atoms with Gasteiger partial charge in [-0.1, -0.05) is 54.6 Å². The number of nitrogens with one attached hydrogen (secondary N) is 1. The number of fused-ring (bicyclic) bond motifs is 1. The quantitative estimate of drug-likeness (QED) is 0.380. The number of hydrogen-bond acceptors (Lipinski definition) is 4.